The van der Waals surface area contributed by atoms with Gasteiger partial charge in [0.15, 0.2) is 0 Å². The first-order valence-electron chi connectivity index (χ1n) is 10.7. The highest BCUT2D eigenvalue weighted by Gasteiger charge is 2.46. The van der Waals surface area contributed by atoms with E-state index in [2.05, 4.69) is 21.4 Å². The zero-order valence-electron chi connectivity index (χ0n) is 17.7. The molecule has 1 aromatic carbocycles. The maximum atomic E-state index is 12.8. The third kappa shape index (κ3) is 3.87. The molecule has 1 aromatic heterocycles. The maximum absolute atomic E-state index is 12.8. The number of ether oxygens (including phenoxy) is 1. The SMILES string of the molecule is CC[C@]1(C#N)CCN(c2ccnc(Nc3ccc(C4(CO)CCOCC4)cc3)n2)C1=O. The lowest BCUT2D eigenvalue weighted by atomic mass is 9.75. The molecule has 0 unspecified atom stereocenters. The zero-order chi connectivity index (χ0) is 21.9. The van der Waals surface area contributed by atoms with Crippen LogP contribution in [0.15, 0.2) is 36.5 Å². The van der Waals surface area contributed by atoms with Gasteiger partial charge in [-0.15, -0.1) is 0 Å². The third-order valence-electron chi connectivity index (χ3n) is 6.66. The van der Waals surface area contributed by atoms with Crippen molar-refractivity contribution >= 4 is 23.4 Å². The fraction of sp³-hybridized carbons (Fsp3) is 0.478. The normalized spacial score (nSPS) is 22.9. The Labute approximate surface area is 181 Å². The fourth-order valence-electron chi connectivity index (χ4n) is 4.40. The van der Waals surface area contributed by atoms with E-state index in [1.807, 2.05) is 31.2 Å². The van der Waals surface area contributed by atoms with Gasteiger partial charge in [0, 0.05) is 37.1 Å². The van der Waals surface area contributed by atoms with Crippen LogP contribution in [0.5, 0.6) is 0 Å². The van der Waals surface area contributed by atoms with Crippen molar-refractivity contribution in [3.05, 3.63) is 42.1 Å². The molecule has 2 N–H and O–H groups in total. The van der Waals surface area contributed by atoms with Gasteiger partial charge in [-0.05, 0) is 49.4 Å². The number of aliphatic hydroxyl groups excluding tert-OH is 1. The summed E-state index contributed by atoms with van der Waals surface area (Å²) >= 11 is 0. The second-order valence-corrected chi connectivity index (χ2v) is 8.25. The van der Waals surface area contributed by atoms with Crippen molar-refractivity contribution in [3.8, 4) is 6.07 Å². The molecule has 8 nitrogen and oxygen atoms in total. The second-order valence-electron chi connectivity index (χ2n) is 8.25. The second kappa shape index (κ2) is 8.61. The van der Waals surface area contributed by atoms with E-state index >= 15 is 0 Å². The summed E-state index contributed by atoms with van der Waals surface area (Å²) in [6, 6.07) is 11.8. The first-order chi connectivity index (χ1) is 15.1. The van der Waals surface area contributed by atoms with Crippen LogP contribution in [-0.4, -0.2) is 47.3 Å². The highest BCUT2D eigenvalue weighted by molar-refractivity contribution is 6.01. The van der Waals surface area contributed by atoms with Crippen molar-refractivity contribution < 1.29 is 14.6 Å². The van der Waals surface area contributed by atoms with Gasteiger partial charge in [-0.1, -0.05) is 19.1 Å². The van der Waals surface area contributed by atoms with Gasteiger partial charge in [0.2, 0.25) is 11.9 Å². The van der Waals surface area contributed by atoms with Crippen molar-refractivity contribution in [1.82, 2.24) is 9.97 Å². The standard InChI is InChI=1S/C23H27N5O3/c1-2-22(15-24)8-12-28(20(22)30)19-7-11-25-21(27-19)26-18-5-3-17(4-6-18)23(16-29)9-13-31-14-10-23/h3-7,11,29H,2,8-10,12-14,16H2,1H3,(H,25,26,27)/t22-/m1/s1. The Morgan fingerprint density at radius 2 is 1.97 bits per heavy atom. The van der Waals surface area contributed by atoms with Crippen LogP contribution in [0.25, 0.3) is 0 Å². The first-order valence-corrected chi connectivity index (χ1v) is 10.7. The minimum Gasteiger partial charge on any atom is -0.395 e. The number of amides is 1. The quantitative estimate of drug-likeness (QED) is 0.738. The molecule has 2 aromatic rings. The number of benzene rings is 1. The molecule has 2 fully saturated rings. The fourth-order valence-corrected chi connectivity index (χ4v) is 4.40. The van der Waals surface area contributed by atoms with Crippen LogP contribution in [0.3, 0.4) is 0 Å². The van der Waals surface area contributed by atoms with E-state index < -0.39 is 5.41 Å². The van der Waals surface area contributed by atoms with Gasteiger partial charge in [0.05, 0.1) is 12.7 Å². The molecule has 0 bridgehead atoms. The van der Waals surface area contributed by atoms with E-state index in [0.29, 0.717) is 44.4 Å². The number of anilines is 3. The molecule has 0 spiro atoms. The molecule has 4 rings (SSSR count). The Hall–Kier alpha value is -3.02. The lowest BCUT2D eigenvalue weighted by molar-refractivity contribution is -0.123. The molecule has 1 amide bonds. The number of hydrogen-bond donors (Lipinski definition) is 2. The number of nitriles is 1. The summed E-state index contributed by atoms with van der Waals surface area (Å²) in [5.41, 5.74) is 0.694. The lowest BCUT2D eigenvalue weighted by Crippen LogP contribution is -2.37. The van der Waals surface area contributed by atoms with Gasteiger partial charge in [-0.25, -0.2) is 4.98 Å². The van der Waals surface area contributed by atoms with E-state index in [1.165, 1.54) is 0 Å². The monoisotopic (exact) mass is 421 g/mol. The summed E-state index contributed by atoms with van der Waals surface area (Å²) in [6.07, 6.45) is 4.20. The van der Waals surface area contributed by atoms with Crippen LogP contribution in [0.1, 0.15) is 38.2 Å². The average molecular weight is 422 g/mol. The predicted molar refractivity (Wildman–Crippen MR) is 116 cm³/mol. The number of aliphatic hydroxyl groups is 1. The van der Waals surface area contributed by atoms with Gasteiger partial charge in [0.1, 0.15) is 11.2 Å². The van der Waals surface area contributed by atoms with Gasteiger partial charge >= 0.3 is 0 Å². The molecule has 31 heavy (non-hydrogen) atoms. The molecule has 8 heteroatoms. The van der Waals surface area contributed by atoms with E-state index in [9.17, 15) is 15.2 Å². The molecule has 3 heterocycles. The molecule has 2 aliphatic rings. The van der Waals surface area contributed by atoms with Crippen molar-refractivity contribution in [1.29, 1.82) is 5.26 Å². The molecule has 1 atom stereocenters. The number of nitrogens with one attached hydrogen (secondary N) is 1. The van der Waals surface area contributed by atoms with Crippen molar-refractivity contribution in [2.24, 2.45) is 5.41 Å². The van der Waals surface area contributed by atoms with Crippen molar-refractivity contribution in [3.63, 3.8) is 0 Å². The van der Waals surface area contributed by atoms with Gasteiger partial charge in [-0.3, -0.25) is 9.69 Å². The Kier molecular flexibility index (Phi) is 5.90. The largest absolute Gasteiger partial charge is 0.395 e. The highest BCUT2D eigenvalue weighted by Crippen LogP contribution is 2.37. The van der Waals surface area contributed by atoms with Crippen LogP contribution < -0.4 is 10.2 Å². The Morgan fingerprint density at radius 3 is 2.58 bits per heavy atom. The zero-order valence-corrected chi connectivity index (χ0v) is 17.7. The molecular weight excluding hydrogens is 394 g/mol. The van der Waals surface area contributed by atoms with Crippen LogP contribution in [0.4, 0.5) is 17.5 Å². The topological polar surface area (TPSA) is 111 Å². The molecule has 2 saturated heterocycles. The van der Waals surface area contributed by atoms with Crippen LogP contribution in [0.2, 0.25) is 0 Å². The number of hydrogen-bond acceptors (Lipinski definition) is 7. The van der Waals surface area contributed by atoms with Crippen molar-refractivity contribution in [2.45, 2.75) is 38.0 Å². The van der Waals surface area contributed by atoms with E-state index in [1.54, 1.807) is 17.2 Å². The molecular formula is C23H27N5O3. The summed E-state index contributed by atoms with van der Waals surface area (Å²) in [5, 5.41) is 22.7. The van der Waals surface area contributed by atoms with Gasteiger partial charge in [0.25, 0.3) is 0 Å². The van der Waals surface area contributed by atoms with E-state index in [4.69, 9.17) is 4.74 Å². The molecule has 0 radical (unpaired) electrons. The van der Waals surface area contributed by atoms with Crippen LogP contribution in [-0.2, 0) is 14.9 Å². The lowest BCUT2D eigenvalue weighted by Gasteiger charge is -2.36. The first kappa shape index (κ1) is 21.2. The number of carbonyl (C=O) groups excluding carboxylic acids is 1. The molecule has 162 valence electrons. The maximum Gasteiger partial charge on any atom is 0.248 e. The number of aromatic nitrogens is 2. The third-order valence-corrected chi connectivity index (χ3v) is 6.66. The summed E-state index contributed by atoms with van der Waals surface area (Å²) in [5.74, 6) is 0.676. The summed E-state index contributed by atoms with van der Waals surface area (Å²) < 4.78 is 5.45. The minimum absolute atomic E-state index is 0.0973. The van der Waals surface area contributed by atoms with Gasteiger partial charge in [-0.2, -0.15) is 10.2 Å². The number of carbonyl (C=O) groups is 1. The average Bonchev–Trinajstić information content (AvgIpc) is 3.16. The Balaban J connectivity index is 1.50. The smallest absolute Gasteiger partial charge is 0.248 e. The predicted octanol–water partition coefficient (Wildman–Crippen LogP) is 2.92. The van der Waals surface area contributed by atoms with Crippen LogP contribution >= 0.6 is 0 Å². The van der Waals surface area contributed by atoms with Crippen molar-refractivity contribution in [2.75, 3.05) is 36.6 Å². The van der Waals surface area contributed by atoms with Crippen LogP contribution in [0, 0.1) is 16.7 Å². The summed E-state index contributed by atoms with van der Waals surface area (Å²) in [7, 11) is 0. The molecule has 2 aliphatic heterocycles. The number of nitrogens with zero attached hydrogens (tertiary/aromatic N) is 4. The summed E-state index contributed by atoms with van der Waals surface area (Å²) in [4.78, 5) is 23.1. The summed E-state index contributed by atoms with van der Waals surface area (Å²) in [6.45, 7) is 3.74. The Morgan fingerprint density at radius 1 is 1.23 bits per heavy atom. The molecule has 0 aliphatic carbocycles. The number of rotatable bonds is 6. The Bertz CT molecular complexity index is 981. The molecule has 0 saturated carbocycles. The van der Waals surface area contributed by atoms with E-state index in [-0.39, 0.29) is 17.9 Å². The minimum atomic E-state index is -0.957. The van der Waals surface area contributed by atoms with Gasteiger partial charge < -0.3 is 15.2 Å². The highest BCUT2D eigenvalue weighted by atomic mass is 16.5. The van der Waals surface area contributed by atoms with E-state index in [0.717, 1.165) is 24.1 Å².